The Morgan fingerprint density at radius 2 is 2.07 bits per heavy atom. The van der Waals surface area contributed by atoms with Crippen LogP contribution in [-0.4, -0.2) is 49.1 Å². The molecule has 1 aliphatic heterocycles. The molecule has 1 aliphatic rings. The molecule has 0 saturated carbocycles. The summed E-state index contributed by atoms with van der Waals surface area (Å²) in [5.41, 5.74) is -0.556. The molecule has 0 bridgehead atoms. The van der Waals surface area contributed by atoms with Crippen molar-refractivity contribution in [3.63, 3.8) is 0 Å². The van der Waals surface area contributed by atoms with E-state index in [-0.39, 0.29) is 18.2 Å². The van der Waals surface area contributed by atoms with Crippen molar-refractivity contribution in [3.8, 4) is 11.5 Å². The van der Waals surface area contributed by atoms with Gasteiger partial charge < -0.3 is 15.2 Å². The molecule has 1 atom stereocenters. The first kappa shape index (κ1) is 21.9. The van der Waals surface area contributed by atoms with Crippen molar-refractivity contribution in [2.45, 2.75) is 25.8 Å². The third-order valence-electron chi connectivity index (χ3n) is 5.01. The second kappa shape index (κ2) is 8.54. The number of nitrogens with zero attached hydrogens (tertiary/aromatic N) is 3. The summed E-state index contributed by atoms with van der Waals surface area (Å²) in [5.74, 6) is -0.851. The minimum Gasteiger partial charge on any atom is -0.501 e. The monoisotopic (exact) mass is 438 g/mol. The summed E-state index contributed by atoms with van der Waals surface area (Å²) in [6, 6.07) is 6.66. The lowest BCUT2D eigenvalue weighted by Crippen LogP contribution is -2.40. The number of nitrogens with one attached hydrogen (secondary N) is 1. The van der Waals surface area contributed by atoms with Gasteiger partial charge in [0.25, 0.3) is 11.5 Å². The Balaban J connectivity index is 1.94. The maximum atomic E-state index is 12.8. The lowest BCUT2D eigenvalue weighted by molar-refractivity contribution is 0.0931. The molecule has 10 nitrogen and oxygen atoms in total. The number of ether oxygens (including phenoxy) is 1. The highest BCUT2D eigenvalue weighted by Gasteiger charge is 2.32. The van der Waals surface area contributed by atoms with Gasteiger partial charge in [-0.05, 0) is 37.5 Å². The number of hydrogen-bond acceptors (Lipinski definition) is 8. The summed E-state index contributed by atoms with van der Waals surface area (Å²) in [6.45, 7) is 2.02. The first-order valence-electron chi connectivity index (χ1n) is 9.44. The molecule has 1 fully saturated rings. The fourth-order valence-corrected chi connectivity index (χ4v) is 4.92. The van der Waals surface area contributed by atoms with E-state index in [0.29, 0.717) is 18.6 Å². The van der Waals surface area contributed by atoms with Crippen LogP contribution in [-0.2, 0) is 7.05 Å². The lowest BCUT2D eigenvalue weighted by atomic mass is 10.1. The van der Waals surface area contributed by atoms with E-state index in [0.717, 1.165) is 10.1 Å². The van der Waals surface area contributed by atoms with Gasteiger partial charge in [-0.1, -0.05) is 12.1 Å². The van der Waals surface area contributed by atoms with Gasteiger partial charge in [-0.25, -0.2) is 9.29 Å². The SMILES string of the molecule is COc1cccc(C(C)NC(=O)c2nc(N3CCCCS3(O)O)n(C)c(=O)c2O)c1. The third kappa shape index (κ3) is 4.23. The molecule has 1 unspecified atom stereocenters. The van der Waals surface area contributed by atoms with Crippen LogP contribution >= 0.6 is 10.8 Å². The number of anilines is 1. The molecular weight excluding hydrogens is 412 g/mol. The Morgan fingerprint density at radius 1 is 1.33 bits per heavy atom. The van der Waals surface area contributed by atoms with Crippen LogP contribution < -0.4 is 19.9 Å². The largest absolute Gasteiger partial charge is 0.501 e. The number of aromatic hydroxyl groups is 1. The number of benzene rings is 1. The molecule has 0 aliphatic carbocycles. The molecule has 1 aromatic heterocycles. The topological polar surface area (TPSA) is 137 Å². The average Bonchev–Trinajstić information content (AvgIpc) is 2.72. The van der Waals surface area contributed by atoms with Gasteiger partial charge in [0.15, 0.2) is 5.69 Å². The highest BCUT2D eigenvalue weighted by Crippen LogP contribution is 2.48. The summed E-state index contributed by atoms with van der Waals surface area (Å²) in [7, 11) is -0.267. The fourth-order valence-electron chi connectivity index (χ4n) is 3.26. The highest BCUT2D eigenvalue weighted by atomic mass is 32.3. The van der Waals surface area contributed by atoms with E-state index in [2.05, 4.69) is 10.3 Å². The smallest absolute Gasteiger partial charge is 0.297 e. The Hall–Kier alpha value is -2.76. The van der Waals surface area contributed by atoms with Crippen molar-refractivity contribution in [1.82, 2.24) is 14.9 Å². The van der Waals surface area contributed by atoms with Crippen LogP contribution in [0.2, 0.25) is 0 Å². The molecule has 1 amide bonds. The molecule has 2 aromatic rings. The van der Waals surface area contributed by atoms with Gasteiger partial charge in [-0.15, -0.1) is 10.8 Å². The fraction of sp³-hybridized carbons (Fsp3) is 0.421. The zero-order valence-electron chi connectivity index (χ0n) is 17.0. The van der Waals surface area contributed by atoms with E-state index in [1.807, 2.05) is 0 Å². The number of amides is 1. The Morgan fingerprint density at radius 3 is 2.73 bits per heavy atom. The van der Waals surface area contributed by atoms with Gasteiger partial charge in [0, 0.05) is 13.6 Å². The normalized spacial score (nSPS) is 17.8. The molecule has 0 spiro atoms. The van der Waals surface area contributed by atoms with E-state index in [4.69, 9.17) is 4.74 Å². The molecule has 3 rings (SSSR count). The number of carbonyl (C=O) groups is 1. The summed E-state index contributed by atoms with van der Waals surface area (Å²) < 4.78 is 28.2. The number of aromatic nitrogens is 2. The Labute approximate surface area is 175 Å². The van der Waals surface area contributed by atoms with Crippen LogP contribution in [0.5, 0.6) is 11.5 Å². The average molecular weight is 439 g/mol. The van der Waals surface area contributed by atoms with Gasteiger partial charge in [0.2, 0.25) is 11.7 Å². The van der Waals surface area contributed by atoms with Crippen LogP contribution in [0.3, 0.4) is 0 Å². The number of methoxy groups -OCH3 is 1. The molecule has 2 heterocycles. The van der Waals surface area contributed by atoms with Gasteiger partial charge in [-0.3, -0.25) is 23.3 Å². The van der Waals surface area contributed by atoms with Gasteiger partial charge in [-0.2, -0.15) is 0 Å². The van der Waals surface area contributed by atoms with Crippen LogP contribution in [0.4, 0.5) is 5.95 Å². The zero-order chi connectivity index (χ0) is 22.1. The lowest BCUT2D eigenvalue weighted by Gasteiger charge is -2.46. The van der Waals surface area contributed by atoms with E-state index in [1.165, 1.54) is 18.5 Å². The second-order valence-electron chi connectivity index (χ2n) is 7.09. The summed E-state index contributed by atoms with van der Waals surface area (Å²) in [5, 5.41) is 13.0. The summed E-state index contributed by atoms with van der Waals surface area (Å²) in [4.78, 5) is 29.5. The number of rotatable bonds is 5. The summed E-state index contributed by atoms with van der Waals surface area (Å²) >= 11 is 0. The van der Waals surface area contributed by atoms with Crippen molar-refractivity contribution < 1.29 is 23.7 Å². The van der Waals surface area contributed by atoms with E-state index in [9.17, 15) is 23.8 Å². The quantitative estimate of drug-likeness (QED) is 0.558. The van der Waals surface area contributed by atoms with Crippen molar-refractivity contribution >= 4 is 22.6 Å². The van der Waals surface area contributed by atoms with Gasteiger partial charge in [0.05, 0.1) is 18.9 Å². The van der Waals surface area contributed by atoms with Crippen LogP contribution in [0.1, 0.15) is 41.9 Å². The predicted octanol–water partition coefficient (Wildman–Crippen LogP) is 2.25. The van der Waals surface area contributed by atoms with E-state index < -0.39 is 39.7 Å². The standard InChI is InChI=1S/C19H26N4O6S/c1-12(13-7-6-8-14(11-13)29-3)20-17(25)15-16(24)18(26)22(2)19(21-15)23-9-4-5-10-30(23,27)28/h6-8,11-12,24,27-28H,4-5,9-10H2,1-3H3,(H,20,25). The maximum absolute atomic E-state index is 12.8. The van der Waals surface area contributed by atoms with Crippen molar-refractivity contribution in [3.05, 3.63) is 45.9 Å². The maximum Gasteiger partial charge on any atom is 0.297 e. The Kier molecular flexibility index (Phi) is 6.25. The van der Waals surface area contributed by atoms with Gasteiger partial charge >= 0.3 is 0 Å². The molecule has 30 heavy (non-hydrogen) atoms. The molecule has 1 aromatic carbocycles. The van der Waals surface area contributed by atoms with Crippen LogP contribution in [0, 0.1) is 0 Å². The van der Waals surface area contributed by atoms with Crippen molar-refractivity contribution in [2.75, 3.05) is 23.7 Å². The second-order valence-corrected chi connectivity index (χ2v) is 9.20. The van der Waals surface area contributed by atoms with Gasteiger partial charge in [0.1, 0.15) is 5.75 Å². The van der Waals surface area contributed by atoms with Crippen LogP contribution in [0.15, 0.2) is 29.1 Å². The molecule has 11 heteroatoms. The minimum absolute atomic E-state index is 0.0725. The molecular formula is C19H26N4O6S. The molecule has 0 radical (unpaired) electrons. The number of carbonyl (C=O) groups excluding carboxylic acids is 1. The van der Waals surface area contributed by atoms with Crippen LogP contribution in [0.25, 0.3) is 0 Å². The molecule has 164 valence electrons. The Bertz CT molecular complexity index is 1010. The van der Waals surface area contributed by atoms with Crippen molar-refractivity contribution in [1.29, 1.82) is 0 Å². The van der Waals surface area contributed by atoms with E-state index >= 15 is 0 Å². The molecule has 4 N–H and O–H groups in total. The highest BCUT2D eigenvalue weighted by molar-refractivity contribution is 8.25. The first-order valence-corrected chi connectivity index (χ1v) is 11.1. The first-order chi connectivity index (χ1) is 14.2. The third-order valence-corrected chi connectivity index (χ3v) is 6.89. The summed E-state index contributed by atoms with van der Waals surface area (Å²) in [6.07, 6.45) is 1.32. The number of hydrogen-bond donors (Lipinski definition) is 4. The zero-order valence-corrected chi connectivity index (χ0v) is 17.8. The minimum atomic E-state index is -3.16. The van der Waals surface area contributed by atoms with E-state index in [1.54, 1.807) is 31.2 Å². The molecule has 1 saturated heterocycles. The van der Waals surface area contributed by atoms with Crippen molar-refractivity contribution in [2.24, 2.45) is 7.05 Å². The predicted molar refractivity (Wildman–Crippen MR) is 114 cm³/mol.